The van der Waals surface area contributed by atoms with Crippen molar-refractivity contribution in [1.29, 1.82) is 0 Å². The van der Waals surface area contributed by atoms with Gasteiger partial charge in [-0.3, -0.25) is 0 Å². The smallest absolute Gasteiger partial charge is 0.379 e. The third-order valence-corrected chi connectivity index (χ3v) is 2.63. The van der Waals surface area contributed by atoms with Crippen LogP contribution in [-0.2, 0) is 12.7 Å². The Balaban J connectivity index is 2.21. The van der Waals surface area contributed by atoms with Gasteiger partial charge in [-0.05, 0) is 24.3 Å². The van der Waals surface area contributed by atoms with Crippen LogP contribution in [0.15, 0.2) is 36.8 Å². The number of nitrogens with zero attached hydrogens (tertiary/aromatic N) is 2. The van der Waals surface area contributed by atoms with Crippen molar-refractivity contribution in [3.05, 3.63) is 53.1 Å². The summed E-state index contributed by atoms with van der Waals surface area (Å²) in [4.78, 5) is 7.65. The van der Waals surface area contributed by atoms with Crippen LogP contribution in [0.25, 0.3) is 0 Å². The van der Waals surface area contributed by atoms with Gasteiger partial charge in [0.1, 0.15) is 6.33 Å². The summed E-state index contributed by atoms with van der Waals surface area (Å²) >= 11 is 5.59. The first-order chi connectivity index (χ1) is 8.97. The molecule has 0 amide bonds. The molecule has 0 saturated heterocycles. The summed E-state index contributed by atoms with van der Waals surface area (Å²) in [6, 6.07) is 5.21. The predicted molar refractivity (Wildman–Crippen MR) is 65.8 cm³/mol. The molecule has 3 nitrogen and oxygen atoms in total. The Bertz CT molecular complexity index is 558. The van der Waals surface area contributed by atoms with E-state index in [1.807, 2.05) is 0 Å². The third-order valence-electron chi connectivity index (χ3n) is 2.39. The highest BCUT2D eigenvalue weighted by molar-refractivity contribution is 6.30. The molecule has 0 radical (unpaired) electrons. The average molecular weight is 288 g/mol. The van der Waals surface area contributed by atoms with Gasteiger partial charge < -0.3 is 5.32 Å². The second-order valence-corrected chi connectivity index (χ2v) is 4.18. The van der Waals surface area contributed by atoms with Gasteiger partial charge in [0.15, 0.2) is 0 Å². The van der Waals surface area contributed by atoms with Gasteiger partial charge in [0.2, 0.25) is 0 Å². The zero-order chi connectivity index (χ0) is 13.9. The second kappa shape index (κ2) is 5.44. The highest BCUT2D eigenvalue weighted by Crippen LogP contribution is 2.36. The number of alkyl halides is 3. The molecule has 0 fully saturated rings. The topological polar surface area (TPSA) is 37.8 Å². The second-order valence-electron chi connectivity index (χ2n) is 3.74. The van der Waals surface area contributed by atoms with Gasteiger partial charge in [0, 0.05) is 16.9 Å². The number of halogens is 4. The Hall–Kier alpha value is -1.82. The minimum Gasteiger partial charge on any atom is -0.379 e. The summed E-state index contributed by atoms with van der Waals surface area (Å²) in [7, 11) is 0. The number of anilines is 1. The molecule has 0 aliphatic heterocycles. The van der Waals surface area contributed by atoms with E-state index in [-0.39, 0.29) is 17.3 Å². The normalized spacial score (nSPS) is 11.4. The average Bonchev–Trinajstić information content (AvgIpc) is 2.37. The van der Waals surface area contributed by atoms with Gasteiger partial charge in [-0.25, -0.2) is 9.97 Å². The maximum atomic E-state index is 12.8. The van der Waals surface area contributed by atoms with E-state index in [1.165, 1.54) is 24.7 Å². The molecule has 1 aromatic carbocycles. The van der Waals surface area contributed by atoms with E-state index in [9.17, 15) is 13.2 Å². The third kappa shape index (κ3) is 3.57. The minimum absolute atomic E-state index is 0.0319. The van der Waals surface area contributed by atoms with Crippen LogP contribution >= 0.6 is 11.6 Å². The van der Waals surface area contributed by atoms with Crippen LogP contribution in [0, 0.1) is 0 Å². The SMILES string of the molecule is FC(F)(F)c1cc(Cl)ccc1NCc1ccncn1. The van der Waals surface area contributed by atoms with Gasteiger partial charge in [0.05, 0.1) is 17.8 Å². The lowest BCUT2D eigenvalue weighted by atomic mass is 10.1. The summed E-state index contributed by atoms with van der Waals surface area (Å²) in [5, 5.41) is 2.74. The first kappa shape index (κ1) is 13.6. The summed E-state index contributed by atoms with van der Waals surface area (Å²) in [6.07, 6.45) is -1.60. The minimum atomic E-state index is -4.46. The van der Waals surface area contributed by atoms with E-state index < -0.39 is 11.7 Å². The lowest BCUT2D eigenvalue weighted by Gasteiger charge is -2.14. The zero-order valence-corrected chi connectivity index (χ0v) is 10.3. The number of aromatic nitrogens is 2. The molecule has 100 valence electrons. The molecule has 0 aliphatic rings. The van der Waals surface area contributed by atoms with Gasteiger partial charge in [-0.2, -0.15) is 13.2 Å². The Kier molecular flexibility index (Phi) is 3.90. The molecule has 0 atom stereocenters. The Labute approximate surface area is 112 Å². The molecule has 7 heteroatoms. The number of hydrogen-bond donors (Lipinski definition) is 1. The summed E-state index contributed by atoms with van der Waals surface area (Å²) < 4.78 is 38.5. The van der Waals surface area contributed by atoms with Gasteiger partial charge >= 0.3 is 6.18 Å². The first-order valence-corrected chi connectivity index (χ1v) is 5.70. The van der Waals surface area contributed by atoms with Crippen molar-refractivity contribution < 1.29 is 13.2 Å². The van der Waals surface area contributed by atoms with E-state index in [4.69, 9.17) is 11.6 Å². The molecule has 0 spiro atoms. The van der Waals surface area contributed by atoms with Crippen LogP contribution in [0.4, 0.5) is 18.9 Å². The number of hydrogen-bond acceptors (Lipinski definition) is 3. The molecule has 2 rings (SSSR count). The molecule has 0 aliphatic carbocycles. The van der Waals surface area contributed by atoms with Crippen molar-refractivity contribution in [2.45, 2.75) is 12.7 Å². The Morgan fingerprint density at radius 1 is 1.21 bits per heavy atom. The van der Waals surface area contributed by atoms with E-state index in [0.717, 1.165) is 6.07 Å². The standard InChI is InChI=1S/C12H9ClF3N3/c13-8-1-2-11(10(5-8)12(14,15)16)18-6-9-3-4-17-7-19-9/h1-5,7,18H,6H2. The van der Waals surface area contributed by atoms with E-state index in [0.29, 0.717) is 5.69 Å². The van der Waals surface area contributed by atoms with E-state index in [1.54, 1.807) is 6.07 Å². The Morgan fingerprint density at radius 2 is 2.00 bits per heavy atom. The van der Waals surface area contributed by atoms with Crippen molar-refractivity contribution in [1.82, 2.24) is 9.97 Å². The molecule has 1 aromatic heterocycles. The van der Waals surface area contributed by atoms with Crippen molar-refractivity contribution in [3.8, 4) is 0 Å². The molecule has 0 saturated carbocycles. The van der Waals surface area contributed by atoms with Crippen LogP contribution in [0.2, 0.25) is 5.02 Å². The maximum absolute atomic E-state index is 12.8. The molecule has 0 unspecified atom stereocenters. The highest BCUT2D eigenvalue weighted by atomic mass is 35.5. The maximum Gasteiger partial charge on any atom is 0.418 e. The van der Waals surface area contributed by atoms with E-state index in [2.05, 4.69) is 15.3 Å². The fourth-order valence-electron chi connectivity index (χ4n) is 1.51. The number of benzene rings is 1. The lowest BCUT2D eigenvalue weighted by Crippen LogP contribution is -2.11. The number of nitrogens with one attached hydrogen (secondary N) is 1. The van der Waals surface area contributed by atoms with Crippen LogP contribution < -0.4 is 5.32 Å². The summed E-state index contributed by atoms with van der Waals surface area (Å²) in [6.45, 7) is 0.174. The summed E-state index contributed by atoms with van der Waals surface area (Å²) in [5.41, 5.74) is -0.234. The first-order valence-electron chi connectivity index (χ1n) is 5.32. The fraction of sp³-hybridized carbons (Fsp3) is 0.167. The van der Waals surface area contributed by atoms with E-state index >= 15 is 0 Å². The highest BCUT2D eigenvalue weighted by Gasteiger charge is 2.33. The molecule has 1 N–H and O–H groups in total. The van der Waals surface area contributed by atoms with Crippen LogP contribution in [-0.4, -0.2) is 9.97 Å². The van der Waals surface area contributed by atoms with Crippen molar-refractivity contribution in [3.63, 3.8) is 0 Å². The fourth-order valence-corrected chi connectivity index (χ4v) is 1.69. The number of rotatable bonds is 3. The summed E-state index contributed by atoms with van der Waals surface area (Å²) in [5.74, 6) is 0. The lowest BCUT2D eigenvalue weighted by molar-refractivity contribution is -0.136. The largest absolute Gasteiger partial charge is 0.418 e. The molecule has 2 aromatic rings. The molecule has 0 bridgehead atoms. The van der Waals surface area contributed by atoms with Crippen LogP contribution in [0.1, 0.15) is 11.3 Å². The van der Waals surface area contributed by atoms with Gasteiger partial charge in [0.25, 0.3) is 0 Å². The van der Waals surface area contributed by atoms with Gasteiger partial charge in [-0.15, -0.1) is 0 Å². The van der Waals surface area contributed by atoms with Crippen LogP contribution in [0.5, 0.6) is 0 Å². The quantitative estimate of drug-likeness (QED) is 0.934. The van der Waals surface area contributed by atoms with Crippen molar-refractivity contribution in [2.75, 3.05) is 5.32 Å². The zero-order valence-electron chi connectivity index (χ0n) is 9.58. The molecular weight excluding hydrogens is 279 g/mol. The Morgan fingerprint density at radius 3 is 2.63 bits per heavy atom. The molecule has 1 heterocycles. The molecule has 19 heavy (non-hydrogen) atoms. The van der Waals surface area contributed by atoms with Gasteiger partial charge in [-0.1, -0.05) is 11.6 Å². The molecular formula is C12H9ClF3N3. The van der Waals surface area contributed by atoms with Crippen LogP contribution in [0.3, 0.4) is 0 Å². The monoisotopic (exact) mass is 287 g/mol. The predicted octanol–water partition coefficient (Wildman–Crippen LogP) is 3.76. The van der Waals surface area contributed by atoms with Crippen molar-refractivity contribution in [2.24, 2.45) is 0 Å². The van der Waals surface area contributed by atoms with Crippen molar-refractivity contribution >= 4 is 17.3 Å².